The zero-order chi connectivity index (χ0) is 26.8. The average Bonchev–Trinajstić information content (AvgIpc) is 2.86. The molecule has 3 aromatic carbocycles. The average molecular weight is 544 g/mol. The van der Waals surface area contributed by atoms with Gasteiger partial charge in [0.05, 0.1) is 37.9 Å². The molecule has 0 aliphatic carbocycles. The molecule has 0 saturated carbocycles. The highest BCUT2D eigenvalue weighted by Gasteiger charge is 2.18. The summed E-state index contributed by atoms with van der Waals surface area (Å²) in [4.78, 5) is 12.5. The molecule has 10 heteroatoms. The molecule has 0 bridgehead atoms. The number of hydrogen-bond donors (Lipinski definition) is 1. The van der Waals surface area contributed by atoms with Crippen molar-refractivity contribution < 1.29 is 22.7 Å². The zero-order valence-electron chi connectivity index (χ0n) is 21.0. The molecule has 1 amide bonds. The van der Waals surface area contributed by atoms with Crippen molar-refractivity contribution in [3.05, 3.63) is 88.4 Å². The van der Waals surface area contributed by atoms with E-state index in [1.165, 1.54) is 10.5 Å². The van der Waals surface area contributed by atoms with Gasteiger partial charge in [0.2, 0.25) is 10.0 Å². The number of carbonyl (C=O) groups excluding carboxylic acids is 1. The number of carbonyl (C=O) groups is 1. The summed E-state index contributed by atoms with van der Waals surface area (Å²) in [6.45, 7) is 5.11. The normalized spacial score (nSPS) is 11.4. The number of nitrogens with zero attached hydrogens (tertiary/aromatic N) is 2. The number of rotatable bonds is 12. The van der Waals surface area contributed by atoms with Gasteiger partial charge in [0.25, 0.3) is 5.91 Å². The predicted molar refractivity (Wildman–Crippen MR) is 147 cm³/mol. The van der Waals surface area contributed by atoms with Crippen molar-refractivity contribution in [3.63, 3.8) is 0 Å². The highest BCUT2D eigenvalue weighted by atomic mass is 35.5. The Hall–Kier alpha value is -3.56. The number of hydrogen-bond acceptors (Lipinski definition) is 6. The van der Waals surface area contributed by atoms with E-state index < -0.39 is 15.9 Å². The summed E-state index contributed by atoms with van der Waals surface area (Å²) in [6.07, 6.45) is 3.55. The minimum Gasteiger partial charge on any atom is -0.490 e. The minimum atomic E-state index is -3.55. The third kappa shape index (κ3) is 8.23. The van der Waals surface area contributed by atoms with Gasteiger partial charge in [-0.3, -0.25) is 9.10 Å². The lowest BCUT2D eigenvalue weighted by molar-refractivity contribution is 0.0955. The molecule has 0 spiro atoms. The molecule has 3 aromatic rings. The molecule has 0 unspecified atom stereocenters. The van der Waals surface area contributed by atoms with Crippen LogP contribution in [0.25, 0.3) is 0 Å². The van der Waals surface area contributed by atoms with Crippen LogP contribution in [-0.4, -0.2) is 40.0 Å². The van der Waals surface area contributed by atoms with E-state index in [4.69, 9.17) is 21.1 Å². The molecule has 0 heterocycles. The van der Waals surface area contributed by atoms with Gasteiger partial charge < -0.3 is 9.47 Å². The molecule has 0 fully saturated rings. The van der Waals surface area contributed by atoms with Crippen molar-refractivity contribution >= 4 is 39.4 Å². The Morgan fingerprint density at radius 1 is 1.03 bits per heavy atom. The van der Waals surface area contributed by atoms with E-state index in [1.54, 1.807) is 54.6 Å². The second kappa shape index (κ2) is 13.1. The summed E-state index contributed by atoms with van der Waals surface area (Å²) in [5.41, 5.74) is 4.79. The molecule has 196 valence electrons. The maximum atomic E-state index is 12.5. The predicted octanol–water partition coefficient (Wildman–Crippen LogP) is 5.26. The monoisotopic (exact) mass is 543 g/mol. The van der Waals surface area contributed by atoms with E-state index in [0.29, 0.717) is 46.5 Å². The van der Waals surface area contributed by atoms with Gasteiger partial charge in [-0.05, 0) is 73.0 Å². The number of nitrogens with one attached hydrogen (secondary N) is 1. The van der Waals surface area contributed by atoms with Gasteiger partial charge in [-0.1, -0.05) is 36.7 Å². The van der Waals surface area contributed by atoms with Gasteiger partial charge >= 0.3 is 0 Å². The lowest BCUT2D eigenvalue weighted by atomic mass is 10.1. The first-order chi connectivity index (χ1) is 17.7. The van der Waals surface area contributed by atoms with Crippen molar-refractivity contribution in [2.75, 3.05) is 23.8 Å². The molecule has 0 aromatic heterocycles. The summed E-state index contributed by atoms with van der Waals surface area (Å²) in [7, 11) is -3.55. The fourth-order valence-electron chi connectivity index (χ4n) is 3.39. The van der Waals surface area contributed by atoms with Crippen LogP contribution in [0, 0.1) is 0 Å². The highest BCUT2D eigenvalue weighted by molar-refractivity contribution is 7.92. The van der Waals surface area contributed by atoms with Crippen LogP contribution in [0.5, 0.6) is 11.5 Å². The van der Waals surface area contributed by atoms with Gasteiger partial charge in [0, 0.05) is 10.6 Å². The van der Waals surface area contributed by atoms with Crippen molar-refractivity contribution in [2.45, 2.75) is 26.8 Å². The molecule has 37 heavy (non-hydrogen) atoms. The Bertz CT molecular complexity index is 1340. The third-order valence-electron chi connectivity index (χ3n) is 5.15. The first-order valence-corrected chi connectivity index (χ1v) is 14.0. The number of benzene rings is 3. The molecule has 0 atom stereocenters. The van der Waals surface area contributed by atoms with E-state index in [0.717, 1.165) is 18.2 Å². The van der Waals surface area contributed by atoms with E-state index in [1.807, 2.05) is 26.0 Å². The lowest BCUT2D eigenvalue weighted by Crippen LogP contribution is -2.29. The van der Waals surface area contributed by atoms with E-state index >= 15 is 0 Å². The fraction of sp³-hybridized carbons (Fsp3) is 0.259. The first kappa shape index (κ1) is 28.0. The number of halogens is 1. The maximum Gasteiger partial charge on any atom is 0.271 e. The summed E-state index contributed by atoms with van der Waals surface area (Å²) in [5.74, 6) is 0.878. The SMILES string of the molecule is CCCOc1ccc(/C=N\NC(=O)c2ccc(CN(c3cccc(Cl)c3)S(C)(=O)=O)cc2)cc1OCC. The molecule has 0 saturated heterocycles. The topological polar surface area (TPSA) is 97.3 Å². The van der Waals surface area contributed by atoms with Crippen LogP contribution < -0.4 is 19.2 Å². The van der Waals surface area contributed by atoms with Crippen LogP contribution in [0.2, 0.25) is 5.02 Å². The molecule has 0 aliphatic heterocycles. The fourth-order valence-corrected chi connectivity index (χ4v) is 4.46. The van der Waals surface area contributed by atoms with Gasteiger partial charge in [-0.15, -0.1) is 0 Å². The largest absolute Gasteiger partial charge is 0.490 e. The number of amides is 1. The van der Waals surface area contributed by atoms with E-state index in [9.17, 15) is 13.2 Å². The Labute approximate surface area is 222 Å². The van der Waals surface area contributed by atoms with Crippen molar-refractivity contribution in [2.24, 2.45) is 5.10 Å². The third-order valence-corrected chi connectivity index (χ3v) is 6.52. The van der Waals surface area contributed by atoms with Crippen LogP contribution in [0.1, 0.15) is 41.8 Å². The molecule has 3 rings (SSSR count). The summed E-state index contributed by atoms with van der Waals surface area (Å²) < 4.78 is 37.3. The summed E-state index contributed by atoms with van der Waals surface area (Å²) in [6, 6.07) is 18.7. The van der Waals surface area contributed by atoms with Crippen LogP contribution in [-0.2, 0) is 16.6 Å². The van der Waals surface area contributed by atoms with E-state index in [-0.39, 0.29) is 6.54 Å². The maximum absolute atomic E-state index is 12.5. The van der Waals surface area contributed by atoms with Crippen LogP contribution in [0.3, 0.4) is 0 Å². The molecule has 0 radical (unpaired) electrons. The number of hydrazone groups is 1. The number of ether oxygens (including phenoxy) is 2. The van der Waals surface area contributed by atoms with Crippen molar-refractivity contribution in [1.29, 1.82) is 0 Å². The Morgan fingerprint density at radius 2 is 1.78 bits per heavy atom. The summed E-state index contributed by atoms with van der Waals surface area (Å²) in [5, 5.41) is 4.48. The Morgan fingerprint density at radius 3 is 2.43 bits per heavy atom. The van der Waals surface area contributed by atoms with Gasteiger partial charge in [-0.25, -0.2) is 13.8 Å². The van der Waals surface area contributed by atoms with Crippen LogP contribution in [0.15, 0.2) is 71.8 Å². The zero-order valence-corrected chi connectivity index (χ0v) is 22.6. The first-order valence-electron chi connectivity index (χ1n) is 11.8. The van der Waals surface area contributed by atoms with E-state index in [2.05, 4.69) is 10.5 Å². The molecule has 0 aliphatic rings. The van der Waals surface area contributed by atoms with Crippen LogP contribution in [0.4, 0.5) is 5.69 Å². The quantitative estimate of drug-likeness (QED) is 0.248. The van der Waals surface area contributed by atoms with Gasteiger partial charge in [0.1, 0.15) is 0 Å². The molecular weight excluding hydrogens is 514 g/mol. The van der Waals surface area contributed by atoms with Crippen molar-refractivity contribution in [1.82, 2.24) is 5.43 Å². The number of sulfonamides is 1. The second-order valence-corrected chi connectivity index (χ2v) is 10.5. The highest BCUT2D eigenvalue weighted by Crippen LogP contribution is 2.28. The lowest BCUT2D eigenvalue weighted by Gasteiger charge is -2.22. The second-order valence-electron chi connectivity index (χ2n) is 8.13. The minimum absolute atomic E-state index is 0.0966. The molecule has 8 nitrogen and oxygen atoms in total. The van der Waals surface area contributed by atoms with Crippen molar-refractivity contribution in [3.8, 4) is 11.5 Å². The molecular formula is C27H30ClN3O5S. The smallest absolute Gasteiger partial charge is 0.271 e. The van der Waals surface area contributed by atoms with Gasteiger partial charge in [-0.2, -0.15) is 5.10 Å². The Balaban J connectivity index is 1.65. The van der Waals surface area contributed by atoms with Gasteiger partial charge in [0.15, 0.2) is 11.5 Å². The van der Waals surface area contributed by atoms with Crippen LogP contribution >= 0.6 is 11.6 Å². The standard InChI is InChI=1S/C27H30ClN3O5S/c1-4-15-36-25-14-11-21(16-26(25)35-5-2)18-29-30-27(32)22-12-9-20(10-13-22)19-31(37(3,33)34)24-8-6-7-23(28)17-24/h6-14,16-18H,4-5,15,19H2,1-3H3,(H,30,32)/b29-18-. The Kier molecular flexibility index (Phi) is 9.93. The summed E-state index contributed by atoms with van der Waals surface area (Å²) >= 11 is 6.04. The number of anilines is 1. The molecule has 1 N–H and O–H groups in total.